The lowest BCUT2D eigenvalue weighted by Gasteiger charge is -2.09. The second-order valence-electron chi connectivity index (χ2n) is 6.23. The van der Waals surface area contributed by atoms with E-state index in [-0.39, 0.29) is 11.7 Å². The number of allylic oxidation sites excluding steroid dienone is 1. The summed E-state index contributed by atoms with van der Waals surface area (Å²) in [4.78, 5) is 12.3. The maximum Gasteiger partial charge on any atom is 0.234 e. The number of thioether (sulfide) groups is 1. The predicted octanol–water partition coefficient (Wildman–Crippen LogP) is 4.27. The first-order valence-electron chi connectivity index (χ1n) is 9.48. The summed E-state index contributed by atoms with van der Waals surface area (Å²) < 4.78 is 12.6. The number of carbonyl (C=O) groups is 1. The molecule has 3 aromatic rings. The minimum absolute atomic E-state index is 0.124. The van der Waals surface area contributed by atoms with Crippen molar-refractivity contribution in [2.45, 2.75) is 18.6 Å². The van der Waals surface area contributed by atoms with Gasteiger partial charge < -0.3 is 14.8 Å². The van der Waals surface area contributed by atoms with Gasteiger partial charge in [-0.25, -0.2) is 0 Å². The van der Waals surface area contributed by atoms with Crippen LogP contribution in [0.1, 0.15) is 6.92 Å². The van der Waals surface area contributed by atoms with Crippen LogP contribution in [0.2, 0.25) is 0 Å². The number of carbonyl (C=O) groups excluding carboxylic acids is 1. The maximum absolute atomic E-state index is 12.3. The molecule has 2 aromatic carbocycles. The number of ether oxygens (including phenoxy) is 2. The monoisotopic (exact) mass is 424 g/mol. The summed E-state index contributed by atoms with van der Waals surface area (Å²) in [5.74, 6) is 2.35. The number of aromatic nitrogens is 3. The molecule has 0 radical (unpaired) electrons. The minimum atomic E-state index is -0.124. The first kappa shape index (κ1) is 21.4. The van der Waals surface area contributed by atoms with Gasteiger partial charge in [0.05, 0.1) is 19.5 Å². The van der Waals surface area contributed by atoms with E-state index in [2.05, 4.69) is 22.1 Å². The highest BCUT2D eigenvalue weighted by atomic mass is 32.2. The summed E-state index contributed by atoms with van der Waals surface area (Å²) in [5, 5.41) is 12.1. The van der Waals surface area contributed by atoms with Gasteiger partial charge in [-0.05, 0) is 55.5 Å². The molecule has 7 nitrogen and oxygen atoms in total. The molecule has 1 N–H and O–H groups in total. The molecule has 1 aromatic heterocycles. The Kier molecular flexibility index (Phi) is 7.51. The third kappa shape index (κ3) is 5.42. The molecule has 156 valence electrons. The maximum atomic E-state index is 12.3. The number of nitrogens with one attached hydrogen (secondary N) is 1. The van der Waals surface area contributed by atoms with Crippen molar-refractivity contribution in [1.29, 1.82) is 0 Å². The van der Waals surface area contributed by atoms with Crippen LogP contribution in [0.25, 0.3) is 11.4 Å². The fourth-order valence-corrected chi connectivity index (χ4v) is 3.52. The Hall–Kier alpha value is -3.26. The molecular weight excluding hydrogens is 400 g/mol. The zero-order valence-electron chi connectivity index (χ0n) is 17.0. The largest absolute Gasteiger partial charge is 0.497 e. The zero-order chi connectivity index (χ0) is 21.3. The number of nitrogens with zero attached hydrogens (tertiary/aromatic N) is 3. The smallest absolute Gasteiger partial charge is 0.234 e. The van der Waals surface area contributed by atoms with Crippen LogP contribution in [0.4, 0.5) is 5.69 Å². The summed E-state index contributed by atoms with van der Waals surface area (Å²) in [7, 11) is 1.60. The van der Waals surface area contributed by atoms with E-state index in [1.165, 1.54) is 11.8 Å². The summed E-state index contributed by atoms with van der Waals surface area (Å²) in [6, 6.07) is 14.9. The summed E-state index contributed by atoms with van der Waals surface area (Å²) in [6.07, 6.45) is 1.78. The highest BCUT2D eigenvalue weighted by molar-refractivity contribution is 7.99. The highest BCUT2D eigenvalue weighted by Crippen LogP contribution is 2.26. The molecule has 1 amide bonds. The normalized spacial score (nSPS) is 10.5. The van der Waals surface area contributed by atoms with Gasteiger partial charge in [-0.1, -0.05) is 17.8 Å². The van der Waals surface area contributed by atoms with Crippen LogP contribution in [0, 0.1) is 0 Å². The Balaban J connectivity index is 1.68. The molecule has 0 aliphatic carbocycles. The molecule has 30 heavy (non-hydrogen) atoms. The summed E-state index contributed by atoms with van der Waals surface area (Å²) in [5.41, 5.74) is 1.63. The lowest BCUT2D eigenvalue weighted by Crippen LogP contribution is -2.14. The molecule has 0 atom stereocenters. The van der Waals surface area contributed by atoms with Gasteiger partial charge >= 0.3 is 0 Å². The molecule has 0 unspecified atom stereocenters. The Morgan fingerprint density at radius 1 is 1.13 bits per heavy atom. The van der Waals surface area contributed by atoms with Gasteiger partial charge in [0.25, 0.3) is 0 Å². The van der Waals surface area contributed by atoms with E-state index in [0.29, 0.717) is 24.0 Å². The molecule has 0 aliphatic heterocycles. The van der Waals surface area contributed by atoms with Crippen molar-refractivity contribution in [2.75, 3.05) is 24.8 Å². The number of benzene rings is 2. The number of anilines is 1. The summed E-state index contributed by atoms with van der Waals surface area (Å²) >= 11 is 1.33. The van der Waals surface area contributed by atoms with Gasteiger partial charge in [-0.2, -0.15) is 0 Å². The zero-order valence-corrected chi connectivity index (χ0v) is 17.8. The Labute approximate surface area is 180 Å². The summed E-state index contributed by atoms with van der Waals surface area (Å²) in [6.45, 7) is 6.92. The number of amides is 1. The fourth-order valence-electron chi connectivity index (χ4n) is 2.77. The molecule has 1 heterocycles. The van der Waals surface area contributed by atoms with E-state index in [0.717, 1.165) is 22.9 Å². The van der Waals surface area contributed by atoms with E-state index in [4.69, 9.17) is 9.47 Å². The molecule has 8 heteroatoms. The third-order valence-electron chi connectivity index (χ3n) is 4.16. The van der Waals surface area contributed by atoms with Gasteiger partial charge in [0.15, 0.2) is 11.0 Å². The van der Waals surface area contributed by atoms with Gasteiger partial charge in [0.2, 0.25) is 5.91 Å². The van der Waals surface area contributed by atoms with Crippen LogP contribution in [-0.2, 0) is 11.3 Å². The van der Waals surface area contributed by atoms with E-state index < -0.39 is 0 Å². The molecular formula is C22H24N4O3S. The van der Waals surface area contributed by atoms with Gasteiger partial charge in [0.1, 0.15) is 11.5 Å². The van der Waals surface area contributed by atoms with Crippen LogP contribution in [0.5, 0.6) is 11.5 Å². The Morgan fingerprint density at radius 2 is 1.83 bits per heavy atom. The first-order valence-corrected chi connectivity index (χ1v) is 10.5. The second-order valence-corrected chi connectivity index (χ2v) is 7.17. The lowest BCUT2D eigenvalue weighted by molar-refractivity contribution is -0.113. The van der Waals surface area contributed by atoms with Crippen molar-refractivity contribution in [3.8, 4) is 22.9 Å². The standard InChI is InChI=1S/C22H24N4O3S/c1-4-14-26-21(16-6-10-19(11-7-16)29-5-2)24-25-22(26)30-15-20(27)23-17-8-12-18(28-3)13-9-17/h4,6-13H,1,5,14-15H2,2-3H3,(H,23,27). The van der Waals surface area contributed by atoms with E-state index in [1.54, 1.807) is 37.5 Å². The second kappa shape index (κ2) is 10.5. The molecule has 0 saturated heterocycles. The molecule has 0 spiro atoms. The van der Waals surface area contributed by atoms with Gasteiger partial charge in [-0.15, -0.1) is 16.8 Å². The van der Waals surface area contributed by atoms with Crippen LogP contribution >= 0.6 is 11.8 Å². The predicted molar refractivity (Wildman–Crippen MR) is 119 cm³/mol. The van der Waals surface area contributed by atoms with E-state index in [1.807, 2.05) is 35.8 Å². The molecule has 0 fully saturated rings. The van der Waals surface area contributed by atoms with Crippen LogP contribution in [-0.4, -0.2) is 40.1 Å². The fraction of sp³-hybridized carbons (Fsp3) is 0.227. The van der Waals surface area contributed by atoms with E-state index >= 15 is 0 Å². The number of hydrogen-bond acceptors (Lipinski definition) is 6. The van der Waals surface area contributed by atoms with Gasteiger partial charge in [-0.3, -0.25) is 9.36 Å². The topological polar surface area (TPSA) is 78.3 Å². The molecule has 3 rings (SSSR count). The first-order chi connectivity index (χ1) is 14.6. The van der Waals surface area contributed by atoms with Crippen LogP contribution in [0.15, 0.2) is 66.3 Å². The van der Waals surface area contributed by atoms with Crippen molar-refractivity contribution in [3.05, 3.63) is 61.2 Å². The van der Waals surface area contributed by atoms with Crippen molar-refractivity contribution >= 4 is 23.4 Å². The van der Waals surface area contributed by atoms with Crippen LogP contribution < -0.4 is 14.8 Å². The molecule has 0 saturated carbocycles. The van der Waals surface area contributed by atoms with Crippen molar-refractivity contribution in [1.82, 2.24) is 14.8 Å². The lowest BCUT2D eigenvalue weighted by atomic mass is 10.2. The van der Waals surface area contributed by atoms with E-state index in [9.17, 15) is 4.79 Å². The number of rotatable bonds is 10. The number of methoxy groups -OCH3 is 1. The average Bonchev–Trinajstić information content (AvgIpc) is 3.16. The quantitative estimate of drug-likeness (QED) is 0.387. The SMILES string of the molecule is C=CCn1c(SCC(=O)Nc2ccc(OC)cc2)nnc1-c1ccc(OCC)cc1. The molecule has 0 aliphatic rings. The van der Waals surface area contributed by atoms with Crippen LogP contribution in [0.3, 0.4) is 0 Å². The Bertz CT molecular complexity index is 985. The highest BCUT2D eigenvalue weighted by Gasteiger charge is 2.15. The van der Waals surface area contributed by atoms with Crippen molar-refractivity contribution in [2.24, 2.45) is 0 Å². The average molecular weight is 425 g/mol. The van der Waals surface area contributed by atoms with Gasteiger partial charge in [0, 0.05) is 17.8 Å². The third-order valence-corrected chi connectivity index (χ3v) is 5.12. The van der Waals surface area contributed by atoms with Crippen molar-refractivity contribution < 1.29 is 14.3 Å². The molecule has 0 bridgehead atoms. The minimum Gasteiger partial charge on any atom is -0.497 e. The van der Waals surface area contributed by atoms with Crippen molar-refractivity contribution in [3.63, 3.8) is 0 Å². The number of hydrogen-bond donors (Lipinski definition) is 1. The Morgan fingerprint density at radius 3 is 2.47 bits per heavy atom.